The van der Waals surface area contributed by atoms with Crippen LogP contribution >= 0.6 is 0 Å². The molecule has 0 amide bonds. The lowest BCUT2D eigenvalue weighted by molar-refractivity contribution is 0.0180. The van der Waals surface area contributed by atoms with Crippen molar-refractivity contribution in [3.63, 3.8) is 0 Å². The molecule has 1 heterocycles. The molecule has 1 fully saturated rings. The molecule has 1 aromatic carbocycles. The lowest BCUT2D eigenvalue weighted by Gasteiger charge is -2.26. The van der Waals surface area contributed by atoms with Crippen LogP contribution in [0, 0.1) is 0 Å². The van der Waals surface area contributed by atoms with Gasteiger partial charge in [-0.1, -0.05) is 12.1 Å². The minimum atomic E-state index is 0.634. The van der Waals surface area contributed by atoms with Crippen LogP contribution in [0.1, 0.15) is 5.56 Å². The average molecular weight is 236 g/mol. The summed E-state index contributed by atoms with van der Waals surface area (Å²) in [7, 11) is 0. The summed E-state index contributed by atoms with van der Waals surface area (Å²) in [5.41, 5.74) is 7.62. The van der Waals surface area contributed by atoms with Crippen LogP contribution in [-0.4, -0.2) is 44.4 Å². The van der Waals surface area contributed by atoms with Crippen molar-refractivity contribution in [2.75, 3.05) is 45.2 Å². The Labute approximate surface area is 102 Å². The Balaban J connectivity index is 1.62. The first-order valence-electron chi connectivity index (χ1n) is 6.07. The predicted molar refractivity (Wildman–Crippen MR) is 67.8 cm³/mol. The Morgan fingerprint density at radius 1 is 1.29 bits per heavy atom. The monoisotopic (exact) mass is 236 g/mol. The summed E-state index contributed by atoms with van der Waals surface area (Å²) in [5, 5.41) is 0. The van der Waals surface area contributed by atoms with Gasteiger partial charge in [-0.25, -0.2) is 0 Å². The Hall–Kier alpha value is -1.10. The average Bonchev–Trinajstić information content (AvgIpc) is 2.36. The van der Waals surface area contributed by atoms with Crippen molar-refractivity contribution in [1.82, 2.24) is 4.90 Å². The molecule has 4 nitrogen and oxygen atoms in total. The van der Waals surface area contributed by atoms with Crippen LogP contribution in [0.3, 0.4) is 0 Å². The van der Waals surface area contributed by atoms with Crippen LogP contribution in [-0.2, 0) is 16.1 Å². The summed E-state index contributed by atoms with van der Waals surface area (Å²) in [4.78, 5) is 2.36. The van der Waals surface area contributed by atoms with Gasteiger partial charge in [0.25, 0.3) is 0 Å². The van der Waals surface area contributed by atoms with Crippen molar-refractivity contribution in [1.29, 1.82) is 0 Å². The van der Waals surface area contributed by atoms with Crippen molar-refractivity contribution < 1.29 is 9.47 Å². The number of nitrogens with zero attached hydrogens (tertiary/aromatic N) is 1. The standard InChI is InChI=1S/C13H20N2O2/c14-13-3-1-2-12(10-13)11-17-9-6-15-4-7-16-8-5-15/h1-3,10H,4-9,11,14H2. The van der Waals surface area contributed by atoms with Crippen LogP contribution < -0.4 is 5.73 Å². The summed E-state index contributed by atoms with van der Waals surface area (Å²) in [6, 6.07) is 7.83. The zero-order valence-corrected chi connectivity index (χ0v) is 10.1. The summed E-state index contributed by atoms with van der Waals surface area (Å²) >= 11 is 0. The van der Waals surface area contributed by atoms with Gasteiger partial charge in [-0.3, -0.25) is 4.90 Å². The fourth-order valence-corrected chi connectivity index (χ4v) is 1.89. The molecule has 4 heteroatoms. The predicted octanol–water partition coefficient (Wildman–Crippen LogP) is 1.12. The molecule has 1 aromatic rings. The molecule has 94 valence electrons. The number of rotatable bonds is 5. The van der Waals surface area contributed by atoms with Gasteiger partial charge < -0.3 is 15.2 Å². The van der Waals surface area contributed by atoms with Gasteiger partial charge in [0.1, 0.15) is 0 Å². The van der Waals surface area contributed by atoms with E-state index in [4.69, 9.17) is 15.2 Å². The Bertz CT molecular complexity index is 338. The fraction of sp³-hybridized carbons (Fsp3) is 0.538. The Morgan fingerprint density at radius 3 is 2.88 bits per heavy atom. The van der Waals surface area contributed by atoms with Crippen molar-refractivity contribution in [2.45, 2.75) is 6.61 Å². The van der Waals surface area contributed by atoms with Crippen molar-refractivity contribution in [2.24, 2.45) is 0 Å². The number of nitrogens with two attached hydrogens (primary N) is 1. The second-order valence-electron chi connectivity index (χ2n) is 4.25. The zero-order chi connectivity index (χ0) is 11.9. The normalized spacial score (nSPS) is 17.2. The molecule has 0 bridgehead atoms. The topological polar surface area (TPSA) is 47.7 Å². The molecule has 1 saturated heterocycles. The quantitative estimate of drug-likeness (QED) is 0.615. The SMILES string of the molecule is Nc1cccc(COCCN2CCOCC2)c1. The van der Waals surface area contributed by atoms with E-state index in [-0.39, 0.29) is 0 Å². The highest BCUT2D eigenvalue weighted by Gasteiger charge is 2.09. The Kier molecular flexibility index (Phi) is 4.79. The van der Waals surface area contributed by atoms with E-state index >= 15 is 0 Å². The molecular formula is C13H20N2O2. The van der Waals surface area contributed by atoms with E-state index in [1.165, 1.54) is 0 Å². The molecular weight excluding hydrogens is 216 g/mol. The summed E-state index contributed by atoms with van der Waals surface area (Å²) in [6.45, 7) is 6.09. The van der Waals surface area contributed by atoms with Crippen LogP contribution in [0.15, 0.2) is 24.3 Å². The number of hydrogen-bond donors (Lipinski definition) is 1. The third-order valence-electron chi connectivity index (χ3n) is 2.88. The maximum atomic E-state index is 5.70. The van der Waals surface area contributed by atoms with Crippen LogP contribution in [0.5, 0.6) is 0 Å². The van der Waals surface area contributed by atoms with Crippen molar-refractivity contribution in [3.8, 4) is 0 Å². The highest BCUT2D eigenvalue weighted by molar-refractivity contribution is 5.40. The molecule has 0 unspecified atom stereocenters. The van der Waals surface area contributed by atoms with E-state index in [1.54, 1.807) is 0 Å². The minimum absolute atomic E-state index is 0.634. The number of nitrogen functional groups attached to an aromatic ring is 1. The first kappa shape index (κ1) is 12.4. The number of anilines is 1. The second-order valence-corrected chi connectivity index (χ2v) is 4.25. The van der Waals surface area contributed by atoms with E-state index in [1.807, 2.05) is 24.3 Å². The molecule has 0 saturated carbocycles. The van der Waals surface area contributed by atoms with E-state index in [0.717, 1.165) is 50.7 Å². The fourth-order valence-electron chi connectivity index (χ4n) is 1.89. The summed E-state index contributed by atoms with van der Waals surface area (Å²) < 4.78 is 10.9. The van der Waals surface area contributed by atoms with E-state index in [2.05, 4.69) is 4.90 Å². The van der Waals surface area contributed by atoms with Gasteiger partial charge in [-0.15, -0.1) is 0 Å². The van der Waals surface area contributed by atoms with Crippen molar-refractivity contribution >= 4 is 5.69 Å². The number of morpholine rings is 1. The molecule has 0 spiro atoms. The highest BCUT2D eigenvalue weighted by atomic mass is 16.5. The maximum Gasteiger partial charge on any atom is 0.0718 e. The van der Waals surface area contributed by atoms with Crippen molar-refractivity contribution in [3.05, 3.63) is 29.8 Å². The summed E-state index contributed by atoms with van der Waals surface area (Å²) in [6.07, 6.45) is 0. The molecule has 0 aliphatic carbocycles. The smallest absolute Gasteiger partial charge is 0.0718 e. The largest absolute Gasteiger partial charge is 0.399 e. The van der Waals surface area contributed by atoms with Crippen LogP contribution in [0.4, 0.5) is 5.69 Å². The lowest BCUT2D eigenvalue weighted by atomic mass is 10.2. The zero-order valence-electron chi connectivity index (χ0n) is 10.1. The van der Waals surface area contributed by atoms with Gasteiger partial charge in [0, 0.05) is 25.3 Å². The number of ether oxygens (including phenoxy) is 2. The number of benzene rings is 1. The van der Waals surface area contributed by atoms with Crippen LogP contribution in [0.25, 0.3) is 0 Å². The molecule has 0 radical (unpaired) electrons. The van der Waals surface area contributed by atoms with E-state index in [0.29, 0.717) is 6.61 Å². The first-order chi connectivity index (χ1) is 8.34. The lowest BCUT2D eigenvalue weighted by Crippen LogP contribution is -2.38. The molecule has 1 aliphatic rings. The third-order valence-corrected chi connectivity index (χ3v) is 2.88. The minimum Gasteiger partial charge on any atom is -0.399 e. The highest BCUT2D eigenvalue weighted by Crippen LogP contribution is 2.07. The van der Waals surface area contributed by atoms with Gasteiger partial charge in [0.05, 0.1) is 26.4 Å². The summed E-state index contributed by atoms with van der Waals surface area (Å²) in [5.74, 6) is 0. The molecule has 1 aliphatic heterocycles. The maximum absolute atomic E-state index is 5.70. The molecule has 2 rings (SSSR count). The first-order valence-corrected chi connectivity index (χ1v) is 6.07. The molecule has 0 atom stereocenters. The van der Waals surface area contributed by atoms with Crippen LogP contribution in [0.2, 0.25) is 0 Å². The number of hydrogen-bond acceptors (Lipinski definition) is 4. The van der Waals surface area contributed by atoms with E-state index < -0.39 is 0 Å². The van der Waals surface area contributed by atoms with Gasteiger partial charge in [-0.05, 0) is 17.7 Å². The van der Waals surface area contributed by atoms with Gasteiger partial charge in [0.15, 0.2) is 0 Å². The molecule has 17 heavy (non-hydrogen) atoms. The third kappa shape index (κ3) is 4.34. The Morgan fingerprint density at radius 2 is 2.12 bits per heavy atom. The van der Waals surface area contributed by atoms with Gasteiger partial charge >= 0.3 is 0 Å². The van der Waals surface area contributed by atoms with E-state index in [9.17, 15) is 0 Å². The molecule has 2 N–H and O–H groups in total. The molecule has 0 aromatic heterocycles. The second kappa shape index (κ2) is 6.59. The van der Waals surface area contributed by atoms with Gasteiger partial charge in [0.2, 0.25) is 0 Å². The van der Waals surface area contributed by atoms with Gasteiger partial charge in [-0.2, -0.15) is 0 Å².